The standard InChI is InChI=1S/C22H21NO5S2/c1-4-28-16-11-10-14(12-17(16)26-2)13-18-20(24)23(22(29)30-18)19(21(25)27-3)15-8-6-5-7-9-15/h5-13,19H,4H2,1-3H3/b18-13-. The lowest BCUT2D eigenvalue weighted by atomic mass is 10.1. The maximum atomic E-state index is 13.2. The van der Waals surface area contributed by atoms with Crippen LogP contribution in [0.4, 0.5) is 0 Å². The van der Waals surface area contributed by atoms with Gasteiger partial charge in [-0.1, -0.05) is 60.4 Å². The number of ether oxygens (including phenoxy) is 3. The minimum Gasteiger partial charge on any atom is -0.493 e. The molecule has 2 aromatic carbocycles. The Morgan fingerprint density at radius 1 is 1.17 bits per heavy atom. The molecule has 1 aliphatic heterocycles. The summed E-state index contributed by atoms with van der Waals surface area (Å²) in [4.78, 5) is 27.4. The summed E-state index contributed by atoms with van der Waals surface area (Å²) in [7, 11) is 2.85. The van der Waals surface area contributed by atoms with Crippen LogP contribution in [-0.4, -0.2) is 41.9 Å². The Labute approximate surface area is 184 Å². The van der Waals surface area contributed by atoms with Crippen molar-refractivity contribution >= 4 is 46.3 Å². The summed E-state index contributed by atoms with van der Waals surface area (Å²) < 4.78 is 16.1. The van der Waals surface area contributed by atoms with Crippen molar-refractivity contribution < 1.29 is 23.8 Å². The lowest BCUT2D eigenvalue weighted by Crippen LogP contribution is -2.37. The monoisotopic (exact) mass is 443 g/mol. The van der Waals surface area contributed by atoms with Gasteiger partial charge in [-0.25, -0.2) is 4.79 Å². The number of thioether (sulfide) groups is 1. The first-order valence-corrected chi connectivity index (χ1v) is 10.4. The second-order valence-electron chi connectivity index (χ2n) is 6.23. The third kappa shape index (κ3) is 4.49. The van der Waals surface area contributed by atoms with Crippen molar-refractivity contribution in [1.29, 1.82) is 0 Å². The molecule has 0 radical (unpaired) electrons. The van der Waals surface area contributed by atoms with Gasteiger partial charge in [-0.05, 0) is 36.3 Å². The zero-order chi connectivity index (χ0) is 21.7. The first kappa shape index (κ1) is 21.9. The number of benzene rings is 2. The van der Waals surface area contributed by atoms with Crippen molar-refractivity contribution in [2.45, 2.75) is 13.0 Å². The minimum atomic E-state index is -0.940. The predicted octanol–water partition coefficient (Wildman–Crippen LogP) is 4.21. The van der Waals surface area contributed by atoms with Crippen LogP contribution in [0.3, 0.4) is 0 Å². The van der Waals surface area contributed by atoms with E-state index in [4.69, 9.17) is 26.4 Å². The number of amides is 1. The average Bonchev–Trinajstić information content (AvgIpc) is 3.03. The van der Waals surface area contributed by atoms with Crippen molar-refractivity contribution in [2.75, 3.05) is 20.8 Å². The lowest BCUT2D eigenvalue weighted by Gasteiger charge is -2.24. The number of nitrogens with zero attached hydrogens (tertiary/aromatic N) is 1. The smallest absolute Gasteiger partial charge is 0.333 e. The molecule has 1 aliphatic rings. The van der Waals surface area contributed by atoms with E-state index in [-0.39, 0.29) is 5.91 Å². The summed E-state index contributed by atoms with van der Waals surface area (Å²) >= 11 is 6.58. The van der Waals surface area contributed by atoms with Crippen LogP contribution in [0.25, 0.3) is 6.08 Å². The van der Waals surface area contributed by atoms with Crippen LogP contribution in [0, 0.1) is 0 Å². The van der Waals surface area contributed by atoms with E-state index in [2.05, 4.69) is 0 Å². The van der Waals surface area contributed by atoms with Crippen molar-refractivity contribution in [1.82, 2.24) is 4.90 Å². The predicted molar refractivity (Wildman–Crippen MR) is 120 cm³/mol. The Hall–Kier alpha value is -2.84. The van der Waals surface area contributed by atoms with Crippen molar-refractivity contribution in [2.24, 2.45) is 0 Å². The van der Waals surface area contributed by atoms with E-state index in [1.165, 1.54) is 12.0 Å². The average molecular weight is 444 g/mol. The van der Waals surface area contributed by atoms with Gasteiger partial charge in [0.05, 0.1) is 25.7 Å². The number of hydrogen-bond donors (Lipinski definition) is 0. The molecule has 6 nitrogen and oxygen atoms in total. The highest BCUT2D eigenvalue weighted by atomic mass is 32.2. The van der Waals surface area contributed by atoms with Gasteiger partial charge in [-0.15, -0.1) is 0 Å². The van der Waals surface area contributed by atoms with E-state index in [0.717, 1.165) is 17.3 Å². The van der Waals surface area contributed by atoms with E-state index in [1.807, 2.05) is 19.1 Å². The van der Waals surface area contributed by atoms with Crippen LogP contribution in [0.2, 0.25) is 0 Å². The van der Waals surface area contributed by atoms with Crippen LogP contribution in [0.15, 0.2) is 53.4 Å². The first-order valence-electron chi connectivity index (χ1n) is 9.20. The van der Waals surface area contributed by atoms with E-state index in [0.29, 0.717) is 32.9 Å². The number of carbonyl (C=O) groups excluding carboxylic acids is 2. The molecule has 1 amide bonds. The SMILES string of the molecule is CCOc1ccc(/C=C2\SC(=S)N(C(C(=O)OC)c3ccccc3)C2=O)cc1OC. The highest BCUT2D eigenvalue weighted by Crippen LogP contribution is 2.39. The minimum absolute atomic E-state index is 0.295. The van der Waals surface area contributed by atoms with Gasteiger partial charge in [-0.2, -0.15) is 0 Å². The molecule has 0 N–H and O–H groups in total. The molecule has 1 unspecified atom stereocenters. The third-order valence-electron chi connectivity index (χ3n) is 4.41. The molecule has 156 valence electrons. The van der Waals surface area contributed by atoms with Gasteiger partial charge in [0.2, 0.25) is 0 Å². The molecule has 0 spiro atoms. The number of rotatable bonds is 7. The molecule has 3 rings (SSSR count). The van der Waals surface area contributed by atoms with Crippen LogP contribution < -0.4 is 9.47 Å². The summed E-state index contributed by atoms with van der Waals surface area (Å²) in [5.41, 5.74) is 1.38. The summed E-state index contributed by atoms with van der Waals surface area (Å²) in [6.45, 7) is 2.41. The van der Waals surface area contributed by atoms with Crippen LogP contribution in [0.5, 0.6) is 11.5 Å². The van der Waals surface area contributed by atoms with Gasteiger partial charge in [0, 0.05) is 0 Å². The highest BCUT2D eigenvalue weighted by molar-refractivity contribution is 8.26. The summed E-state index contributed by atoms with van der Waals surface area (Å²) in [6, 6.07) is 13.4. The molecule has 0 saturated carbocycles. The molecule has 1 heterocycles. The van der Waals surface area contributed by atoms with Crippen LogP contribution in [-0.2, 0) is 14.3 Å². The first-order chi connectivity index (χ1) is 14.5. The quantitative estimate of drug-likeness (QED) is 0.361. The van der Waals surface area contributed by atoms with Crippen molar-refractivity contribution in [3.8, 4) is 11.5 Å². The summed E-state index contributed by atoms with van der Waals surface area (Å²) in [6.07, 6.45) is 1.72. The van der Waals surface area contributed by atoms with Gasteiger partial charge in [-0.3, -0.25) is 9.69 Å². The Balaban J connectivity index is 1.94. The Bertz CT molecular complexity index is 990. The topological polar surface area (TPSA) is 65.1 Å². The van der Waals surface area contributed by atoms with Crippen molar-refractivity contribution in [3.63, 3.8) is 0 Å². The van der Waals surface area contributed by atoms with E-state index in [1.54, 1.807) is 49.6 Å². The molecule has 0 aromatic heterocycles. The molecule has 30 heavy (non-hydrogen) atoms. The molecule has 1 saturated heterocycles. The van der Waals surface area contributed by atoms with Crippen LogP contribution in [0.1, 0.15) is 24.1 Å². The van der Waals surface area contributed by atoms with E-state index >= 15 is 0 Å². The number of thiocarbonyl (C=S) groups is 1. The lowest BCUT2D eigenvalue weighted by molar-refractivity contribution is -0.148. The molecular weight excluding hydrogens is 422 g/mol. The van der Waals surface area contributed by atoms with Gasteiger partial charge in [0.1, 0.15) is 4.32 Å². The normalized spacial score (nSPS) is 16.0. The molecule has 8 heteroatoms. The zero-order valence-corrected chi connectivity index (χ0v) is 18.4. The highest BCUT2D eigenvalue weighted by Gasteiger charge is 2.41. The number of carbonyl (C=O) groups is 2. The fourth-order valence-electron chi connectivity index (χ4n) is 3.04. The number of esters is 1. The second kappa shape index (κ2) is 9.77. The van der Waals surface area contributed by atoms with Gasteiger partial charge < -0.3 is 14.2 Å². The largest absolute Gasteiger partial charge is 0.493 e. The Kier molecular flexibility index (Phi) is 7.12. The maximum absolute atomic E-state index is 13.2. The van der Waals surface area contributed by atoms with Gasteiger partial charge in [0.15, 0.2) is 17.5 Å². The number of methoxy groups -OCH3 is 2. The molecule has 1 atom stereocenters. The van der Waals surface area contributed by atoms with E-state index in [9.17, 15) is 9.59 Å². The molecule has 1 fully saturated rings. The Morgan fingerprint density at radius 2 is 1.90 bits per heavy atom. The molecule has 0 bridgehead atoms. The van der Waals surface area contributed by atoms with Gasteiger partial charge in [0.25, 0.3) is 5.91 Å². The van der Waals surface area contributed by atoms with Gasteiger partial charge >= 0.3 is 5.97 Å². The fraction of sp³-hybridized carbons (Fsp3) is 0.227. The maximum Gasteiger partial charge on any atom is 0.333 e. The number of hydrogen-bond acceptors (Lipinski definition) is 7. The van der Waals surface area contributed by atoms with Crippen molar-refractivity contribution in [3.05, 3.63) is 64.6 Å². The summed E-state index contributed by atoms with van der Waals surface area (Å²) in [5, 5.41) is 0. The molecular formula is C22H21NO5S2. The zero-order valence-electron chi connectivity index (χ0n) is 16.8. The molecule has 2 aromatic rings. The second-order valence-corrected chi connectivity index (χ2v) is 7.91. The fourth-order valence-corrected chi connectivity index (χ4v) is 4.35. The summed E-state index contributed by atoms with van der Waals surface area (Å²) in [5.74, 6) is 0.288. The Morgan fingerprint density at radius 3 is 2.53 bits per heavy atom. The van der Waals surface area contributed by atoms with E-state index < -0.39 is 12.0 Å². The van der Waals surface area contributed by atoms with Crippen LogP contribution >= 0.6 is 24.0 Å². The molecule has 0 aliphatic carbocycles. The third-order valence-corrected chi connectivity index (χ3v) is 5.74.